The van der Waals surface area contributed by atoms with E-state index in [9.17, 15) is 14.9 Å². The Kier molecular flexibility index (Phi) is 6.48. The maximum Gasteiger partial charge on any atom is 0.324 e. The maximum absolute atomic E-state index is 13.0. The van der Waals surface area contributed by atoms with Gasteiger partial charge in [-0.2, -0.15) is 5.26 Å². The Morgan fingerprint density at radius 3 is 2.66 bits per heavy atom. The van der Waals surface area contributed by atoms with Gasteiger partial charge in [0, 0.05) is 37.6 Å². The molecule has 0 atom stereocenters. The van der Waals surface area contributed by atoms with Crippen molar-refractivity contribution in [2.45, 2.75) is 13.0 Å². The van der Waals surface area contributed by atoms with Crippen molar-refractivity contribution in [3.63, 3.8) is 0 Å². The van der Waals surface area contributed by atoms with Gasteiger partial charge in [-0.1, -0.05) is 24.3 Å². The highest BCUT2D eigenvalue weighted by molar-refractivity contribution is 5.94. The first-order valence-corrected chi connectivity index (χ1v) is 9.42. The van der Waals surface area contributed by atoms with E-state index < -0.39 is 0 Å². The van der Waals surface area contributed by atoms with Gasteiger partial charge in [0.2, 0.25) is 0 Å². The fourth-order valence-corrected chi connectivity index (χ4v) is 3.21. The topological polar surface area (TPSA) is 88.5 Å². The maximum atomic E-state index is 13.0. The summed E-state index contributed by atoms with van der Waals surface area (Å²) < 4.78 is 0. The highest BCUT2D eigenvalue weighted by atomic mass is 16.2. The summed E-state index contributed by atoms with van der Waals surface area (Å²) in [4.78, 5) is 28.2. The predicted molar refractivity (Wildman–Crippen MR) is 113 cm³/mol. The number of urea groups is 2. The number of carbonyl (C=O) groups is 2. The second kappa shape index (κ2) is 9.42. The molecule has 0 radical (unpaired) electrons. The third-order valence-corrected chi connectivity index (χ3v) is 4.65. The lowest BCUT2D eigenvalue weighted by molar-refractivity contribution is 0.192. The average Bonchev–Trinajstić information content (AvgIpc) is 2.75. The molecule has 0 bridgehead atoms. The van der Waals surface area contributed by atoms with Crippen molar-refractivity contribution in [2.24, 2.45) is 0 Å². The minimum Gasteiger partial charge on any atom is -0.334 e. The number of nitrogens with one attached hydrogen (secondary N) is 2. The summed E-state index contributed by atoms with van der Waals surface area (Å²) in [6, 6.07) is 16.3. The molecule has 0 aromatic heterocycles. The van der Waals surface area contributed by atoms with Crippen molar-refractivity contribution in [3.8, 4) is 6.07 Å². The smallest absolute Gasteiger partial charge is 0.324 e. The van der Waals surface area contributed by atoms with Gasteiger partial charge in [-0.15, -0.1) is 6.58 Å². The number of rotatable bonds is 6. The third kappa shape index (κ3) is 4.93. The molecule has 3 rings (SSSR count). The van der Waals surface area contributed by atoms with Crippen molar-refractivity contribution < 1.29 is 9.59 Å². The van der Waals surface area contributed by atoms with E-state index in [4.69, 9.17) is 0 Å². The highest BCUT2D eigenvalue weighted by Crippen LogP contribution is 2.24. The highest BCUT2D eigenvalue weighted by Gasteiger charge is 2.27. The van der Waals surface area contributed by atoms with Crippen LogP contribution in [0.25, 0.3) is 0 Å². The Morgan fingerprint density at radius 2 is 1.93 bits per heavy atom. The molecule has 0 aliphatic carbocycles. The molecule has 0 spiro atoms. The zero-order valence-corrected chi connectivity index (χ0v) is 16.1. The summed E-state index contributed by atoms with van der Waals surface area (Å²) in [6.45, 7) is 5.62. The Bertz CT molecular complexity index is 933. The molecule has 1 fully saturated rings. The molecule has 29 heavy (non-hydrogen) atoms. The number of amides is 4. The van der Waals surface area contributed by atoms with Crippen LogP contribution in [0.4, 0.5) is 21.0 Å². The van der Waals surface area contributed by atoms with E-state index >= 15 is 0 Å². The van der Waals surface area contributed by atoms with Crippen molar-refractivity contribution in [3.05, 3.63) is 72.3 Å². The van der Waals surface area contributed by atoms with Gasteiger partial charge in [-0.05, 0) is 42.3 Å². The van der Waals surface area contributed by atoms with Gasteiger partial charge in [-0.3, -0.25) is 4.90 Å². The monoisotopic (exact) mass is 389 g/mol. The molecule has 1 saturated heterocycles. The first-order valence-electron chi connectivity index (χ1n) is 9.42. The van der Waals surface area contributed by atoms with Gasteiger partial charge in [0.05, 0.1) is 11.6 Å². The number of anilines is 2. The van der Waals surface area contributed by atoms with Gasteiger partial charge >= 0.3 is 12.1 Å². The molecule has 1 aliphatic heterocycles. The van der Waals surface area contributed by atoms with Crippen molar-refractivity contribution in [1.82, 2.24) is 10.2 Å². The zero-order chi connectivity index (χ0) is 20.6. The second-order valence-corrected chi connectivity index (χ2v) is 6.65. The first kappa shape index (κ1) is 20.0. The van der Waals surface area contributed by atoms with Crippen LogP contribution in [-0.4, -0.2) is 36.6 Å². The van der Waals surface area contributed by atoms with Crippen molar-refractivity contribution >= 4 is 23.4 Å². The number of hydrogen-bond donors (Lipinski definition) is 2. The molecular formula is C22H23N5O2. The van der Waals surface area contributed by atoms with Gasteiger partial charge in [0.25, 0.3) is 0 Å². The fraction of sp³-hybridized carbons (Fsp3) is 0.227. The van der Waals surface area contributed by atoms with E-state index in [1.54, 1.807) is 34.1 Å². The van der Waals surface area contributed by atoms with Gasteiger partial charge in [0.15, 0.2) is 0 Å². The summed E-state index contributed by atoms with van der Waals surface area (Å²) in [5.74, 6) is 0. The molecule has 2 aromatic carbocycles. The van der Waals surface area contributed by atoms with E-state index in [1.165, 1.54) is 0 Å². The van der Waals surface area contributed by atoms with Gasteiger partial charge in [-0.25, -0.2) is 9.59 Å². The molecule has 7 heteroatoms. The Labute approximate surface area is 170 Å². The van der Waals surface area contributed by atoms with Crippen molar-refractivity contribution in [2.75, 3.05) is 29.9 Å². The summed E-state index contributed by atoms with van der Waals surface area (Å²) in [5.41, 5.74) is 2.84. The molecule has 1 heterocycles. The van der Waals surface area contributed by atoms with Crippen LogP contribution in [0.15, 0.2) is 61.2 Å². The van der Waals surface area contributed by atoms with E-state index in [0.29, 0.717) is 37.4 Å². The first-order chi connectivity index (χ1) is 14.1. The lowest BCUT2D eigenvalue weighted by atomic mass is 10.1. The number of benzene rings is 2. The fourth-order valence-electron chi connectivity index (χ4n) is 3.21. The molecule has 2 N–H and O–H groups in total. The van der Waals surface area contributed by atoms with Crippen LogP contribution in [0.5, 0.6) is 0 Å². The minimum absolute atomic E-state index is 0.0894. The summed E-state index contributed by atoms with van der Waals surface area (Å²) >= 11 is 0. The molecule has 2 aromatic rings. The Morgan fingerprint density at radius 1 is 1.17 bits per heavy atom. The van der Waals surface area contributed by atoms with Crippen LogP contribution in [0.1, 0.15) is 17.5 Å². The van der Waals surface area contributed by atoms with E-state index in [-0.39, 0.29) is 12.1 Å². The molecule has 0 unspecified atom stereocenters. The minimum atomic E-state index is -0.311. The van der Waals surface area contributed by atoms with E-state index in [2.05, 4.69) is 23.3 Å². The van der Waals surface area contributed by atoms with E-state index in [0.717, 1.165) is 17.7 Å². The number of nitrogens with zero attached hydrogens (tertiary/aromatic N) is 3. The number of hydrogen-bond acceptors (Lipinski definition) is 3. The number of carbonyl (C=O) groups excluding carboxylic acids is 2. The second-order valence-electron chi connectivity index (χ2n) is 6.65. The molecular weight excluding hydrogens is 366 g/mol. The SMILES string of the molecule is C=CCNC(=O)Nc1ccc(N2CCCN(Cc3ccccc3C#N)C2=O)cc1. The largest absolute Gasteiger partial charge is 0.334 e. The lowest BCUT2D eigenvalue weighted by Crippen LogP contribution is -2.49. The Balaban J connectivity index is 1.67. The van der Waals surface area contributed by atoms with Crippen LogP contribution < -0.4 is 15.5 Å². The van der Waals surface area contributed by atoms with Gasteiger partial charge < -0.3 is 15.5 Å². The average molecular weight is 389 g/mol. The molecule has 148 valence electrons. The zero-order valence-electron chi connectivity index (χ0n) is 16.1. The number of nitriles is 1. The summed E-state index contributed by atoms with van der Waals surface area (Å²) in [7, 11) is 0. The molecule has 1 aliphatic rings. The summed E-state index contributed by atoms with van der Waals surface area (Å²) in [6.07, 6.45) is 2.44. The standard InChI is InChI=1S/C22H23N5O2/c1-2-12-24-21(28)25-19-8-10-20(11-9-19)27-14-5-13-26(22(27)29)16-18-7-4-3-6-17(18)15-23/h2-4,6-11H,1,5,12-14,16H2,(H2,24,25,28). The van der Waals surface area contributed by atoms with Crippen LogP contribution in [-0.2, 0) is 6.54 Å². The van der Waals surface area contributed by atoms with Gasteiger partial charge in [0.1, 0.15) is 0 Å². The summed E-state index contributed by atoms with van der Waals surface area (Å²) in [5, 5.41) is 14.6. The quantitative estimate of drug-likeness (QED) is 0.739. The lowest BCUT2D eigenvalue weighted by Gasteiger charge is -2.36. The molecule has 4 amide bonds. The van der Waals surface area contributed by atoms with Crippen LogP contribution in [0, 0.1) is 11.3 Å². The molecule has 7 nitrogen and oxygen atoms in total. The Hall–Kier alpha value is -3.79. The predicted octanol–water partition coefficient (Wildman–Crippen LogP) is 3.70. The molecule has 0 saturated carbocycles. The van der Waals surface area contributed by atoms with E-state index in [1.807, 2.05) is 30.3 Å². The van der Waals surface area contributed by atoms with Crippen molar-refractivity contribution in [1.29, 1.82) is 5.26 Å². The van der Waals surface area contributed by atoms with Crippen LogP contribution in [0.2, 0.25) is 0 Å². The van der Waals surface area contributed by atoms with Crippen LogP contribution in [0.3, 0.4) is 0 Å². The van der Waals surface area contributed by atoms with Crippen LogP contribution >= 0.6 is 0 Å². The normalized spacial score (nSPS) is 13.6. The third-order valence-electron chi connectivity index (χ3n) is 4.65.